The molecule has 2 aromatic rings. The van der Waals surface area contributed by atoms with E-state index in [0.717, 1.165) is 17.7 Å². The Bertz CT molecular complexity index is 887. The number of benzene rings is 2. The van der Waals surface area contributed by atoms with Gasteiger partial charge in [-0.3, -0.25) is 9.59 Å². The molecule has 0 fully saturated rings. The van der Waals surface area contributed by atoms with Crippen LogP contribution in [0.5, 0.6) is 5.75 Å². The zero-order valence-corrected chi connectivity index (χ0v) is 20.0. The highest BCUT2D eigenvalue weighted by Crippen LogP contribution is 2.23. The maximum absolute atomic E-state index is 13.4. The third kappa shape index (κ3) is 7.15. The molecular weight excluding hydrogens is 435 g/mol. The van der Waals surface area contributed by atoms with Gasteiger partial charge in [0.2, 0.25) is 11.8 Å². The van der Waals surface area contributed by atoms with Gasteiger partial charge in [-0.05, 0) is 55.2 Å². The fourth-order valence-corrected chi connectivity index (χ4v) is 3.69. The van der Waals surface area contributed by atoms with Crippen LogP contribution in [-0.2, 0) is 22.6 Å². The third-order valence-corrected chi connectivity index (χ3v) is 5.84. The first-order valence-electron chi connectivity index (χ1n) is 10.5. The molecule has 168 valence electrons. The van der Waals surface area contributed by atoms with Gasteiger partial charge in [0.05, 0.1) is 13.5 Å². The molecule has 0 bridgehead atoms. The quantitative estimate of drug-likeness (QED) is 0.520. The largest absolute Gasteiger partial charge is 0.497 e. The van der Waals surface area contributed by atoms with E-state index in [0.29, 0.717) is 28.6 Å². The van der Waals surface area contributed by atoms with Crippen molar-refractivity contribution >= 4 is 35.0 Å². The Labute approximate surface area is 194 Å². The number of halogens is 2. The second-order valence-electron chi connectivity index (χ2n) is 7.52. The van der Waals surface area contributed by atoms with Gasteiger partial charge in [0.1, 0.15) is 11.8 Å². The van der Waals surface area contributed by atoms with E-state index in [1.807, 2.05) is 45.0 Å². The second kappa shape index (κ2) is 12.0. The summed E-state index contributed by atoms with van der Waals surface area (Å²) in [4.78, 5) is 28.0. The zero-order chi connectivity index (χ0) is 23.0. The Morgan fingerprint density at radius 2 is 1.74 bits per heavy atom. The fraction of sp³-hybridized carbons (Fsp3) is 0.417. The van der Waals surface area contributed by atoms with Crippen LogP contribution in [-0.4, -0.2) is 35.9 Å². The summed E-state index contributed by atoms with van der Waals surface area (Å²) in [5.41, 5.74) is 1.58. The second-order valence-corrected chi connectivity index (χ2v) is 8.37. The normalized spacial score (nSPS) is 12.7. The van der Waals surface area contributed by atoms with Crippen LogP contribution in [0.4, 0.5) is 0 Å². The van der Waals surface area contributed by atoms with Gasteiger partial charge in [-0.2, -0.15) is 0 Å². The number of amides is 2. The molecule has 2 aromatic carbocycles. The maximum atomic E-state index is 13.4. The van der Waals surface area contributed by atoms with E-state index in [-0.39, 0.29) is 24.3 Å². The molecule has 1 N–H and O–H groups in total. The molecule has 0 saturated heterocycles. The Kier molecular flexibility index (Phi) is 9.66. The summed E-state index contributed by atoms with van der Waals surface area (Å²) in [6.07, 6.45) is 1.40. The predicted molar refractivity (Wildman–Crippen MR) is 126 cm³/mol. The highest BCUT2D eigenvalue weighted by atomic mass is 35.5. The van der Waals surface area contributed by atoms with Crippen LogP contribution in [0.25, 0.3) is 0 Å². The SMILES string of the molecule is CC[C@H](C(=O)N[C@@H](C)CC)N(Cc1ccc(OC)cc1)C(=O)Cc1ccc(Cl)cc1Cl. The van der Waals surface area contributed by atoms with Crippen LogP contribution in [0.3, 0.4) is 0 Å². The van der Waals surface area contributed by atoms with Crippen LogP contribution in [0.2, 0.25) is 10.0 Å². The Morgan fingerprint density at radius 1 is 1.06 bits per heavy atom. The smallest absolute Gasteiger partial charge is 0.243 e. The number of hydrogen-bond acceptors (Lipinski definition) is 3. The first-order valence-corrected chi connectivity index (χ1v) is 11.2. The van der Waals surface area contributed by atoms with Gasteiger partial charge in [0.25, 0.3) is 0 Å². The van der Waals surface area contributed by atoms with Crippen molar-refractivity contribution in [3.05, 3.63) is 63.6 Å². The number of ether oxygens (including phenoxy) is 1. The monoisotopic (exact) mass is 464 g/mol. The van der Waals surface area contributed by atoms with Crippen LogP contribution >= 0.6 is 23.2 Å². The molecule has 7 heteroatoms. The van der Waals surface area contributed by atoms with Gasteiger partial charge in [-0.1, -0.05) is 55.2 Å². The van der Waals surface area contributed by atoms with Gasteiger partial charge in [0, 0.05) is 22.6 Å². The van der Waals surface area contributed by atoms with Gasteiger partial charge in [-0.15, -0.1) is 0 Å². The van der Waals surface area contributed by atoms with Crippen molar-refractivity contribution in [1.29, 1.82) is 0 Å². The molecule has 2 rings (SSSR count). The molecule has 31 heavy (non-hydrogen) atoms. The number of carbonyl (C=O) groups excluding carboxylic acids is 2. The minimum absolute atomic E-state index is 0.0326. The minimum Gasteiger partial charge on any atom is -0.497 e. The van der Waals surface area contributed by atoms with Crippen LogP contribution in [0.15, 0.2) is 42.5 Å². The molecule has 0 aliphatic rings. The molecule has 2 amide bonds. The van der Waals surface area contributed by atoms with Gasteiger partial charge < -0.3 is 15.0 Å². The number of carbonyl (C=O) groups is 2. The molecule has 0 heterocycles. The molecule has 5 nitrogen and oxygen atoms in total. The Morgan fingerprint density at radius 3 is 2.29 bits per heavy atom. The lowest BCUT2D eigenvalue weighted by Crippen LogP contribution is -2.51. The molecule has 0 saturated carbocycles. The number of rotatable bonds is 10. The fourth-order valence-electron chi connectivity index (χ4n) is 3.22. The third-order valence-electron chi connectivity index (χ3n) is 5.26. The van der Waals surface area contributed by atoms with Gasteiger partial charge in [0.15, 0.2) is 0 Å². The summed E-state index contributed by atoms with van der Waals surface area (Å²) in [6.45, 7) is 6.17. The van der Waals surface area contributed by atoms with Crippen LogP contribution in [0.1, 0.15) is 44.7 Å². The Hall–Kier alpha value is -2.24. The van der Waals surface area contributed by atoms with E-state index >= 15 is 0 Å². The summed E-state index contributed by atoms with van der Waals surface area (Å²) < 4.78 is 5.22. The van der Waals surface area contributed by atoms with Crippen LogP contribution in [0, 0.1) is 0 Å². The van der Waals surface area contributed by atoms with Gasteiger partial charge >= 0.3 is 0 Å². The van der Waals surface area contributed by atoms with Crippen molar-refractivity contribution in [1.82, 2.24) is 10.2 Å². The standard InChI is InChI=1S/C24H30Cl2N2O3/c1-5-16(3)27-24(30)22(6-2)28(15-17-7-11-20(31-4)12-8-17)23(29)13-18-9-10-19(25)14-21(18)26/h7-12,14,16,22H,5-6,13,15H2,1-4H3,(H,27,30)/t16-,22+/m0/s1. The zero-order valence-electron chi connectivity index (χ0n) is 18.5. The summed E-state index contributed by atoms with van der Waals surface area (Å²) in [6, 6.07) is 12.0. The predicted octanol–water partition coefficient (Wildman–Crippen LogP) is 5.27. The molecule has 0 aliphatic heterocycles. The lowest BCUT2D eigenvalue weighted by atomic mass is 10.1. The van der Waals surface area contributed by atoms with Crippen molar-refractivity contribution in [2.75, 3.05) is 7.11 Å². The van der Waals surface area contributed by atoms with Crippen molar-refractivity contribution in [3.8, 4) is 5.75 Å². The lowest BCUT2D eigenvalue weighted by molar-refractivity contribution is -0.141. The van der Waals surface area contributed by atoms with Crippen LogP contribution < -0.4 is 10.1 Å². The molecule has 0 aromatic heterocycles. The summed E-state index contributed by atoms with van der Waals surface area (Å²) in [5, 5.41) is 3.95. The number of nitrogens with one attached hydrogen (secondary N) is 1. The molecule has 0 unspecified atom stereocenters. The minimum atomic E-state index is -0.588. The highest BCUT2D eigenvalue weighted by Gasteiger charge is 2.29. The first-order chi connectivity index (χ1) is 14.8. The summed E-state index contributed by atoms with van der Waals surface area (Å²) in [7, 11) is 1.60. The highest BCUT2D eigenvalue weighted by molar-refractivity contribution is 6.35. The topological polar surface area (TPSA) is 58.6 Å². The molecule has 0 aliphatic carbocycles. The molecule has 0 radical (unpaired) electrons. The average molecular weight is 465 g/mol. The van der Waals surface area contributed by atoms with Crippen molar-refractivity contribution in [2.24, 2.45) is 0 Å². The maximum Gasteiger partial charge on any atom is 0.243 e. The van der Waals surface area contributed by atoms with Crippen molar-refractivity contribution in [3.63, 3.8) is 0 Å². The lowest BCUT2D eigenvalue weighted by Gasteiger charge is -2.31. The molecule has 2 atom stereocenters. The molecule has 0 spiro atoms. The summed E-state index contributed by atoms with van der Waals surface area (Å²) in [5.74, 6) is 0.406. The van der Waals surface area contributed by atoms with E-state index in [1.54, 1.807) is 30.2 Å². The number of hydrogen-bond donors (Lipinski definition) is 1. The number of methoxy groups -OCH3 is 1. The van der Waals surface area contributed by atoms with E-state index in [4.69, 9.17) is 27.9 Å². The number of nitrogens with zero attached hydrogens (tertiary/aromatic N) is 1. The van der Waals surface area contributed by atoms with E-state index < -0.39 is 6.04 Å². The average Bonchev–Trinajstić information content (AvgIpc) is 2.75. The first kappa shape index (κ1) is 25.0. The molecular formula is C24H30Cl2N2O3. The van der Waals surface area contributed by atoms with E-state index in [1.165, 1.54) is 0 Å². The Balaban J connectivity index is 2.31. The van der Waals surface area contributed by atoms with Crippen molar-refractivity contribution < 1.29 is 14.3 Å². The summed E-state index contributed by atoms with van der Waals surface area (Å²) >= 11 is 12.3. The van der Waals surface area contributed by atoms with Gasteiger partial charge in [-0.25, -0.2) is 0 Å². The van der Waals surface area contributed by atoms with E-state index in [9.17, 15) is 9.59 Å². The van der Waals surface area contributed by atoms with Crippen molar-refractivity contribution in [2.45, 2.75) is 58.7 Å². The van der Waals surface area contributed by atoms with E-state index in [2.05, 4.69) is 5.32 Å².